The predicted octanol–water partition coefficient (Wildman–Crippen LogP) is 4.34. The largest absolute Gasteiger partial charge is 0.367 e. The Morgan fingerprint density at radius 2 is 1.71 bits per heavy atom. The minimum Gasteiger partial charge on any atom is -0.367 e. The third-order valence-electron chi connectivity index (χ3n) is 5.95. The van der Waals surface area contributed by atoms with Gasteiger partial charge in [-0.05, 0) is 69.7 Å². The molecule has 31 heavy (non-hydrogen) atoms. The van der Waals surface area contributed by atoms with Crippen molar-refractivity contribution in [3.05, 3.63) is 64.9 Å². The van der Waals surface area contributed by atoms with Gasteiger partial charge in [-0.3, -0.25) is 9.59 Å². The standard InChI is InChI=1S/C24H29ClFN3O2/c1-17(2)28(16-30)18(3)23(31)29(13-19-5-7-20(25)8-6-19)24(4)14-27(15-24)22-11-9-21(26)10-12-22/h5-12,16-18H,13-15H2,1-4H3. The maximum absolute atomic E-state index is 13.6. The molecule has 1 fully saturated rings. The minimum absolute atomic E-state index is 0.0845. The van der Waals surface area contributed by atoms with Crippen LogP contribution in [-0.2, 0) is 16.1 Å². The summed E-state index contributed by atoms with van der Waals surface area (Å²) >= 11 is 6.02. The summed E-state index contributed by atoms with van der Waals surface area (Å²) < 4.78 is 13.3. The van der Waals surface area contributed by atoms with Crippen LogP contribution in [0.5, 0.6) is 0 Å². The van der Waals surface area contributed by atoms with E-state index >= 15 is 0 Å². The van der Waals surface area contributed by atoms with Gasteiger partial charge in [-0.2, -0.15) is 0 Å². The van der Waals surface area contributed by atoms with Crippen LogP contribution in [0.1, 0.15) is 33.3 Å². The van der Waals surface area contributed by atoms with E-state index in [4.69, 9.17) is 11.6 Å². The molecule has 1 saturated heterocycles. The molecule has 0 saturated carbocycles. The highest BCUT2D eigenvalue weighted by Crippen LogP contribution is 2.34. The number of hydrogen-bond donors (Lipinski definition) is 0. The van der Waals surface area contributed by atoms with Crippen molar-refractivity contribution in [2.24, 2.45) is 0 Å². The molecule has 0 spiro atoms. The van der Waals surface area contributed by atoms with E-state index < -0.39 is 11.6 Å². The van der Waals surface area contributed by atoms with Crippen LogP contribution in [-0.4, -0.2) is 52.8 Å². The molecule has 0 aliphatic carbocycles. The van der Waals surface area contributed by atoms with Crippen LogP contribution in [0.4, 0.5) is 10.1 Å². The molecule has 0 N–H and O–H groups in total. The molecule has 0 aromatic heterocycles. The summed E-state index contributed by atoms with van der Waals surface area (Å²) in [5, 5.41) is 0.638. The summed E-state index contributed by atoms with van der Waals surface area (Å²) in [6.45, 7) is 9.26. The summed E-state index contributed by atoms with van der Waals surface area (Å²) in [6.07, 6.45) is 0.738. The van der Waals surface area contributed by atoms with Gasteiger partial charge >= 0.3 is 0 Å². The molecular weight excluding hydrogens is 417 g/mol. The number of rotatable bonds is 8. The molecule has 0 bridgehead atoms. The number of carbonyl (C=O) groups is 2. The normalized spacial score (nSPS) is 15.9. The molecule has 5 nitrogen and oxygen atoms in total. The van der Waals surface area contributed by atoms with Gasteiger partial charge in [-0.15, -0.1) is 0 Å². The molecule has 166 valence electrons. The Hall–Kier alpha value is -2.60. The van der Waals surface area contributed by atoms with E-state index in [2.05, 4.69) is 4.90 Å². The summed E-state index contributed by atoms with van der Waals surface area (Å²) in [6, 6.07) is 13.1. The van der Waals surface area contributed by atoms with Gasteiger partial charge in [0.2, 0.25) is 12.3 Å². The molecule has 1 atom stereocenters. The Balaban J connectivity index is 1.84. The molecule has 3 rings (SSSR count). The number of hydrogen-bond acceptors (Lipinski definition) is 3. The molecule has 1 unspecified atom stereocenters. The zero-order valence-corrected chi connectivity index (χ0v) is 19.1. The first kappa shape index (κ1) is 23.1. The summed E-state index contributed by atoms with van der Waals surface area (Å²) in [7, 11) is 0. The van der Waals surface area contributed by atoms with E-state index in [1.54, 1.807) is 19.1 Å². The Labute approximate surface area is 188 Å². The Kier molecular flexibility index (Phi) is 6.90. The molecule has 0 radical (unpaired) electrons. The first-order valence-corrected chi connectivity index (χ1v) is 10.8. The number of carbonyl (C=O) groups excluding carboxylic acids is 2. The van der Waals surface area contributed by atoms with Crippen molar-refractivity contribution in [1.82, 2.24) is 9.80 Å². The molecule has 2 amide bonds. The SMILES string of the molecule is CC(C)N(C=O)C(C)C(=O)N(Cc1ccc(Cl)cc1)C1(C)CN(c2ccc(F)cc2)C1. The molecule has 1 aliphatic rings. The van der Waals surface area contributed by atoms with E-state index in [-0.39, 0.29) is 17.8 Å². The molecule has 2 aromatic rings. The van der Waals surface area contributed by atoms with E-state index in [1.165, 1.54) is 17.0 Å². The van der Waals surface area contributed by atoms with Crippen LogP contribution in [0.3, 0.4) is 0 Å². The minimum atomic E-state index is -0.582. The second-order valence-corrected chi connectivity index (χ2v) is 9.14. The molecule has 1 heterocycles. The molecular formula is C24H29ClFN3O2. The van der Waals surface area contributed by atoms with E-state index in [0.29, 0.717) is 24.7 Å². The second-order valence-electron chi connectivity index (χ2n) is 8.70. The average molecular weight is 446 g/mol. The van der Waals surface area contributed by atoms with Gasteiger partial charge in [-0.1, -0.05) is 23.7 Å². The van der Waals surface area contributed by atoms with Gasteiger partial charge in [0.05, 0.1) is 5.54 Å². The third-order valence-corrected chi connectivity index (χ3v) is 6.20. The molecule has 2 aromatic carbocycles. The fourth-order valence-corrected chi connectivity index (χ4v) is 4.23. The number of halogens is 2. The number of nitrogens with zero attached hydrogens (tertiary/aromatic N) is 3. The van der Waals surface area contributed by atoms with E-state index in [1.807, 2.05) is 49.9 Å². The smallest absolute Gasteiger partial charge is 0.245 e. The van der Waals surface area contributed by atoms with Gasteiger partial charge in [-0.25, -0.2) is 4.39 Å². The van der Waals surface area contributed by atoms with Crippen molar-refractivity contribution in [2.75, 3.05) is 18.0 Å². The van der Waals surface area contributed by atoms with Crippen molar-refractivity contribution in [2.45, 2.75) is 51.9 Å². The molecule has 1 aliphatic heterocycles. The van der Waals surface area contributed by atoms with Gasteiger partial charge < -0.3 is 14.7 Å². The van der Waals surface area contributed by atoms with E-state index in [0.717, 1.165) is 17.7 Å². The predicted molar refractivity (Wildman–Crippen MR) is 122 cm³/mol. The maximum atomic E-state index is 13.6. The fourth-order valence-electron chi connectivity index (χ4n) is 4.10. The quantitative estimate of drug-likeness (QED) is 0.568. The van der Waals surface area contributed by atoms with Crippen molar-refractivity contribution in [1.29, 1.82) is 0 Å². The number of amides is 2. The zero-order chi connectivity index (χ0) is 22.8. The monoisotopic (exact) mass is 445 g/mol. The topological polar surface area (TPSA) is 43.9 Å². The first-order chi connectivity index (χ1) is 14.6. The Bertz CT molecular complexity index is 911. The first-order valence-electron chi connectivity index (χ1n) is 10.4. The lowest BCUT2D eigenvalue weighted by Crippen LogP contribution is -2.71. The van der Waals surface area contributed by atoms with Crippen LogP contribution >= 0.6 is 11.6 Å². The highest BCUT2D eigenvalue weighted by atomic mass is 35.5. The highest BCUT2D eigenvalue weighted by molar-refractivity contribution is 6.30. The lowest BCUT2D eigenvalue weighted by molar-refractivity contribution is -0.148. The Morgan fingerprint density at radius 3 is 2.23 bits per heavy atom. The Morgan fingerprint density at radius 1 is 1.13 bits per heavy atom. The highest BCUT2D eigenvalue weighted by Gasteiger charge is 2.47. The van der Waals surface area contributed by atoms with Gasteiger partial charge in [0.25, 0.3) is 0 Å². The van der Waals surface area contributed by atoms with Crippen LogP contribution < -0.4 is 4.90 Å². The van der Waals surface area contributed by atoms with Crippen LogP contribution in [0.2, 0.25) is 5.02 Å². The average Bonchev–Trinajstić information content (AvgIpc) is 2.71. The van der Waals surface area contributed by atoms with Crippen LogP contribution in [0.15, 0.2) is 48.5 Å². The van der Waals surface area contributed by atoms with E-state index in [9.17, 15) is 14.0 Å². The van der Waals surface area contributed by atoms with Crippen molar-refractivity contribution < 1.29 is 14.0 Å². The van der Waals surface area contributed by atoms with Crippen molar-refractivity contribution in [3.63, 3.8) is 0 Å². The van der Waals surface area contributed by atoms with Gasteiger partial charge in [0.15, 0.2) is 0 Å². The summed E-state index contributed by atoms with van der Waals surface area (Å²) in [5.74, 6) is -0.375. The summed E-state index contributed by atoms with van der Waals surface area (Å²) in [5.41, 5.74) is 1.46. The fraction of sp³-hybridized carbons (Fsp3) is 0.417. The third kappa shape index (κ3) is 5.01. The van der Waals surface area contributed by atoms with Crippen LogP contribution in [0, 0.1) is 5.82 Å². The van der Waals surface area contributed by atoms with Crippen molar-refractivity contribution in [3.8, 4) is 0 Å². The van der Waals surface area contributed by atoms with Gasteiger partial charge in [0, 0.05) is 36.4 Å². The number of benzene rings is 2. The van der Waals surface area contributed by atoms with Crippen LogP contribution in [0.25, 0.3) is 0 Å². The lowest BCUT2D eigenvalue weighted by atomic mass is 9.87. The second kappa shape index (κ2) is 9.27. The molecule has 7 heteroatoms. The lowest BCUT2D eigenvalue weighted by Gasteiger charge is -2.55. The zero-order valence-electron chi connectivity index (χ0n) is 18.4. The van der Waals surface area contributed by atoms with Crippen molar-refractivity contribution >= 4 is 29.6 Å². The number of anilines is 1. The van der Waals surface area contributed by atoms with Gasteiger partial charge in [0.1, 0.15) is 11.9 Å². The maximum Gasteiger partial charge on any atom is 0.245 e. The summed E-state index contributed by atoms with van der Waals surface area (Å²) in [4.78, 5) is 30.7.